The second-order valence-corrected chi connectivity index (χ2v) is 13.3. The molecule has 0 saturated carbocycles. The summed E-state index contributed by atoms with van der Waals surface area (Å²) in [5.74, 6) is 0. The summed E-state index contributed by atoms with van der Waals surface area (Å²) in [5, 5.41) is 2.51. The SMILES string of the molecule is c1ccc(-c2ccc(N(c3ccc(-c4cccc5cccc(-c6ccccc6)c45)cc3)c3ccc(-c4ccccc4)c(-c4ccccc4)c3)cc2)cc1. The van der Waals surface area contributed by atoms with Crippen LogP contribution in [-0.4, -0.2) is 0 Å². The van der Waals surface area contributed by atoms with Gasteiger partial charge in [-0.1, -0.05) is 188 Å². The molecule has 0 atom stereocenters. The molecule has 0 aromatic heterocycles. The zero-order valence-electron chi connectivity index (χ0n) is 29.3. The standard InChI is InChI=1S/C52H37N/c1-5-15-38(16-6-1)39-27-31-45(32-28-39)53(47-35-36-48(40-17-7-2-8-18-40)51(37-47)42-21-11-4-12-22-42)46-33-29-43(30-34-46)50-26-14-24-44-23-13-25-49(52(44)50)41-19-9-3-10-20-41/h1-37H. The lowest BCUT2D eigenvalue weighted by molar-refractivity contribution is 1.28. The monoisotopic (exact) mass is 675 g/mol. The van der Waals surface area contributed by atoms with Crippen LogP contribution in [0, 0.1) is 0 Å². The summed E-state index contributed by atoms with van der Waals surface area (Å²) in [6.07, 6.45) is 0. The molecule has 0 spiro atoms. The number of anilines is 3. The van der Waals surface area contributed by atoms with Crippen molar-refractivity contribution in [2.75, 3.05) is 4.90 Å². The lowest BCUT2D eigenvalue weighted by atomic mass is 9.91. The number of fused-ring (bicyclic) bond motifs is 1. The van der Waals surface area contributed by atoms with E-state index in [4.69, 9.17) is 0 Å². The molecule has 1 heteroatoms. The maximum absolute atomic E-state index is 2.37. The molecule has 0 bridgehead atoms. The molecular formula is C52H37N. The highest BCUT2D eigenvalue weighted by Gasteiger charge is 2.18. The minimum Gasteiger partial charge on any atom is -0.310 e. The van der Waals surface area contributed by atoms with Crippen LogP contribution in [-0.2, 0) is 0 Å². The fourth-order valence-corrected chi connectivity index (χ4v) is 7.51. The van der Waals surface area contributed by atoms with Crippen LogP contribution in [0.3, 0.4) is 0 Å². The van der Waals surface area contributed by atoms with Gasteiger partial charge >= 0.3 is 0 Å². The molecule has 0 aliphatic heterocycles. The van der Waals surface area contributed by atoms with E-state index < -0.39 is 0 Å². The van der Waals surface area contributed by atoms with E-state index in [9.17, 15) is 0 Å². The zero-order chi connectivity index (χ0) is 35.4. The second kappa shape index (κ2) is 14.3. The number of benzene rings is 9. The molecule has 9 aromatic rings. The van der Waals surface area contributed by atoms with Crippen LogP contribution in [0.1, 0.15) is 0 Å². The molecule has 0 aliphatic rings. The fraction of sp³-hybridized carbons (Fsp3) is 0. The third-order valence-electron chi connectivity index (χ3n) is 10.1. The van der Waals surface area contributed by atoms with Gasteiger partial charge in [-0.15, -0.1) is 0 Å². The minimum atomic E-state index is 1.09. The van der Waals surface area contributed by atoms with Crippen LogP contribution in [0.15, 0.2) is 224 Å². The van der Waals surface area contributed by atoms with Gasteiger partial charge in [-0.05, 0) is 103 Å². The van der Waals surface area contributed by atoms with Gasteiger partial charge in [0.2, 0.25) is 0 Å². The van der Waals surface area contributed by atoms with Crippen LogP contribution >= 0.6 is 0 Å². The first kappa shape index (κ1) is 32.0. The van der Waals surface area contributed by atoms with Crippen molar-refractivity contribution in [1.29, 1.82) is 0 Å². The van der Waals surface area contributed by atoms with Crippen molar-refractivity contribution in [2.24, 2.45) is 0 Å². The highest BCUT2D eigenvalue weighted by Crippen LogP contribution is 2.42. The first-order valence-corrected chi connectivity index (χ1v) is 18.2. The Kier molecular flexibility index (Phi) is 8.66. The topological polar surface area (TPSA) is 3.24 Å². The highest BCUT2D eigenvalue weighted by molar-refractivity contribution is 6.06. The number of nitrogens with zero attached hydrogens (tertiary/aromatic N) is 1. The van der Waals surface area contributed by atoms with E-state index in [-0.39, 0.29) is 0 Å². The van der Waals surface area contributed by atoms with Crippen molar-refractivity contribution in [1.82, 2.24) is 0 Å². The van der Waals surface area contributed by atoms with E-state index in [1.807, 2.05) is 0 Å². The molecule has 0 amide bonds. The normalized spacial score (nSPS) is 11.0. The Morgan fingerprint density at radius 2 is 0.604 bits per heavy atom. The molecule has 0 N–H and O–H groups in total. The molecule has 0 aliphatic carbocycles. The first-order valence-electron chi connectivity index (χ1n) is 18.2. The lowest BCUT2D eigenvalue weighted by Crippen LogP contribution is -2.10. The van der Waals surface area contributed by atoms with Crippen LogP contribution in [0.4, 0.5) is 17.1 Å². The van der Waals surface area contributed by atoms with Crippen molar-refractivity contribution in [3.05, 3.63) is 224 Å². The van der Waals surface area contributed by atoms with Gasteiger partial charge in [0.15, 0.2) is 0 Å². The summed E-state index contributed by atoms with van der Waals surface area (Å²) >= 11 is 0. The van der Waals surface area contributed by atoms with E-state index in [2.05, 4.69) is 229 Å². The van der Waals surface area contributed by atoms with Crippen LogP contribution in [0.2, 0.25) is 0 Å². The van der Waals surface area contributed by atoms with Gasteiger partial charge < -0.3 is 4.90 Å². The summed E-state index contributed by atoms with van der Waals surface area (Å²) in [4.78, 5) is 2.37. The zero-order valence-corrected chi connectivity index (χ0v) is 29.3. The summed E-state index contributed by atoms with van der Waals surface area (Å²) < 4.78 is 0. The van der Waals surface area contributed by atoms with Crippen molar-refractivity contribution in [2.45, 2.75) is 0 Å². The van der Waals surface area contributed by atoms with E-state index in [1.54, 1.807) is 0 Å². The molecule has 1 nitrogen and oxygen atoms in total. The fourth-order valence-electron chi connectivity index (χ4n) is 7.51. The summed E-state index contributed by atoms with van der Waals surface area (Å²) in [7, 11) is 0. The Labute approximate surface area is 311 Å². The molecule has 9 aromatic carbocycles. The van der Waals surface area contributed by atoms with Crippen molar-refractivity contribution >= 4 is 27.8 Å². The Morgan fingerprint density at radius 3 is 1.11 bits per heavy atom. The summed E-state index contributed by atoms with van der Waals surface area (Å²) in [6.45, 7) is 0. The molecule has 0 radical (unpaired) electrons. The first-order chi connectivity index (χ1) is 26.3. The Hall–Kier alpha value is -6.96. The average molecular weight is 676 g/mol. The third kappa shape index (κ3) is 6.42. The molecule has 0 fully saturated rings. The van der Waals surface area contributed by atoms with E-state index in [1.165, 1.54) is 66.4 Å². The molecule has 53 heavy (non-hydrogen) atoms. The van der Waals surface area contributed by atoms with Gasteiger partial charge in [0.05, 0.1) is 0 Å². The average Bonchev–Trinajstić information content (AvgIpc) is 3.25. The Balaban J connectivity index is 1.18. The molecule has 250 valence electrons. The van der Waals surface area contributed by atoms with Crippen LogP contribution in [0.25, 0.3) is 66.4 Å². The number of hydrogen-bond acceptors (Lipinski definition) is 1. The van der Waals surface area contributed by atoms with E-state index in [0.717, 1.165) is 17.1 Å². The number of rotatable bonds is 8. The van der Waals surface area contributed by atoms with E-state index >= 15 is 0 Å². The van der Waals surface area contributed by atoms with Crippen molar-refractivity contribution in [3.8, 4) is 55.6 Å². The van der Waals surface area contributed by atoms with Crippen LogP contribution < -0.4 is 4.90 Å². The number of hydrogen-bond donors (Lipinski definition) is 0. The van der Waals surface area contributed by atoms with Gasteiger partial charge in [-0.3, -0.25) is 0 Å². The third-order valence-corrected chi connectivity index (χ3v) is 10.1. The molecule has 0 heterocycles. The molecule has 9 rings (SSSR count). The predicted octanol–water partition coefficient (Wildman–Crippen LogP) is 14.6. The molecular weight excluding hydrogens is 639 g/mol. The lowest BCUT2D eigenvalue weighted by Gasteiger charge is -2.27. The van der Waals surface area contributed by atoms with Gasteiger partial charge in [0.1, 0.15) is 0 Å². The Bertz CT molecular complexity index is 2610. The van der Waals surface area contributed by atoms with Gasteiger partial charge in [0, 0.05) is 17.1 Å². The summed E-state index contributed by atoms with van der Waals surface area (Å²) in [5.41, 5.74) is 15.4. The molecule has 0 unspecified atom stereocenters. The van der Waals surface area contributed by atoms with Gasteiger partial charge in [-0.2, -0.15) is 0 Å². The molecule has 0 saturated heterocycles. The van der Waals surface area contributed by atoms with Crippen molar-refractivity contribution < 1.29 is 0 Å². The van der Waals surface area contributed by atoms with Crippen molar-refractivity contribution in [3.63, 3.8) is 0 Å². The maximum atomic E-state index is 2.37. The smallest absolute Gasteiger partial charge is 0.0468 e. The second-order valence-electron chi connectivity index (χ2n) is 13.3. The minimum absolute atomic E-state index is 1.09. The quantitative estimate of drug-likeness (QED) is 0.155. The highest BCUT2D eigenvalue weighted by atomic mass is 15.1. The largest absolute Gasteiger partial charge is 0.310 e. The van der Waals surface area contributed by atoms with Gasteiger partial charge in [-0.25, -0.2) is 0 Å². The van der Waals surface area contributed by atoms with E-state index in [0.29, 0.717) is 0 Å². The van der Waals surface area contributed by atoms with Crippen LogP contribution in [0.5, 0.6) is 0 Å². The summed E-state index contributed by atoms with van der Waals surface area (Å²) in [6, 6.07) is 80.8. The Morgan fingerprint density at radius 1 is 0.226 bits per heavy atom. The maximum Gasteiger partial charge on any atom is 0.0468 e. The van der Waals surface area contributed by atoms with Gasteiger partial charge in [0.25, 0.3) is 0 Å². The predicted molar refractivity (Wildman–Crippen MR) is 226 cm³/mol.